The van der Waals surface area contributed by atoms with Gasteiger partial charge in [0.1, 0.15) is 17.1 Å². The van der Waals surface area contributed by atoms with E-state index in [1.807, 2.05) is 18.0 Å². The third kappa shape index (κ3) is 3.15. The first-order valence-corrected chi connectivity index (χ1v) is 8.44. The summed E-state index contributed by atoms with van der Waals surface area (Å²) in [6, 6.07) is 8.46. The molecule has 136 valence electrons. The number of aromatic nitrogens is 2. The number of piperidine rings is 1. The van der Waals surface area contributed by atoms with Crippen molar-refractivity contribution in [2.75, 3.05) is 18.6 Å². The largest absolute Gasteiger partial charge is 0.469 e. The van der Waals surface area contributed by atoms with Gasteiger partial charge in [-0.25, -0.2) is 4.39 Å². The molecule has 1 aromatic carbocycles. The smallest absolute Gasteiger partial charge is 0.310 e. The van der Waals surface area contributed by atoms with Gasteiger partial charge in [-0.1, -0.05) is 0 Å². The van der Waals surface area contributed by atoms with E-state index in [9.17, 15) is 14.4 Å². The monoisotopic (exact) mass is 356 g/mol. The Kier molecular flexibility index (Phi) is 4.68. The minimum absolute atomic E-state index is 0.276. The van der Waals surface area contributed by atoms with Crippen LogP contribution in [0, 0.1) is 23.1 Å². The number of rotatable bonds is 3. The zero-order valence-corrected chi connectivity index (χ0v) is 15.1. The van der Waals surface area contributed by atoms with E-state index in [0.717, 1.165) is 11.3 Å². The van der Waals surface area contributed by atoms with Gasteiger partial charge in [-0.05, 0) is 44.0 Å². The zero-order chi connectivity index (χ0) is 18.9. The van der Waals surface area contributed by atoms with E-state index in [4.69, 9.17) is 4.74 Å². The van der Waals surface area contributed by atoms with Crippen LogP contribution in [0.2, 0.25) is 0 Å². The number of nitriles is 1. The third-order valence-corrected chi connectivity index (χ3v) is 4.97. The van der Waals surface area contributed by atoms with Crippen molar-refractivity contribution in [3.05, 3.63) is 36.3 Å². The van der Waals surface area contributed by atoms with Crippen molar-refractivity contribution >= 4 is 11.7 Å². The summed E-state index contributed by atoms with van der Waals surface area (Å²) in [7, 11) is 3.17. The quantitative estimate of drug-likeness (QED) is 0.791. The van der Waals surface area contributed by atoms with Gasteiger partial charge in [0.05, 0.1) is 24.8 Å². The molecule has 1 aliphatic heterocycles. The van der Waals surface area contributed by atoms with E-state index in [0.29, 0.717) is 25.1 Å². The van der Waals surface area contributed by atoms with Gasteiger partial charge < -0.3 is 9.64 Å². The first kappa shape index (κ1) is 17.9. The summed E-state index contributed by atoms with van der Waals surface area (Å²) in [5.74, 6) is -0.901. The number of ether oxygens (including phenoxy) is 1. The standard InChI is InChI=1S/C19H21FN4O2/c1-19(12-21)9-8-14(18(25)26-3)10-24(19)16-11-23(2)22-17(16)13-4-6-15(20)7-5-13/h4-7,11,14H,8-10H2,1-3H3/t14-,19-/m1/s1. The van der Waals surface area contributed by atoms with Crippen LogP contribution in [0.15, 0.2) is 30.5 Å². The molecule has 0 radical (unpaired) electrons. The summed E-state index contributed by atoms with van der Waals surface area (Å²) in [4.78, 5) is 14.0. The molecule has 0 bridgehead atoms. The van der Waals surface area contributed by atoms with Gasteiger partial charge in [0, 0.05) is 25.4 Å². The average molecular weight is 356 g/mol. The average Bonchev–Trinajstić information content (AvgIpc) is 3.03. The van der Waals surface area contributed by atoms with E-state index in [2.05, 4.69) is 11.2 Å². The maximum absolute atomic E-state index is 13.3. The van der Waals surface area contributed by atoms with E-state index >= 15 is 0 Å². The van der Waals surface area contributed by atoms with Gasteiger partial charge in [0.15, 0.2) is 0 Å². The lowest BCUT2D eigenvalue weighted by Crippen LogP contribution is -2.53. The van der Waals surface area contributed by atoms with Crippen molar-refractivity contribution in [2.45, 2.75) is 25.3 Å². The van der Waals surface area contributed by atoms with Crippen LogP contribution in [0.1, 0.15) is 19.8 Å². The lowest BCUT2D eigenvalue weighted by molar-refractivity contribution is -0.145. The van der Waals surface area contributed by atoms with Crippen LogP contribution in [0.25, 0.3) is 11.3 Å². The minimum atomic E-state index is -0.762. The highest BCUT2D eigenvalue weighted by Crippen LogP contribution is 2.39. The minimum Gasteiger partial charge on any atom is -0.469 e. The molecule has 0 unspecified atom stereocenters. The van der Waals surface area contributed by atoms with Gasteiger partial charge in [-0.2, -0.15) is 10.4 Å². The van der Waals surface area contributed by atoms with Gasteiger partial charge in [0.2, 0.25) is 0 Å². The Labute approximate surface area is 151 Å². The Morgan fingerprint density at radius 3 is 2.73 bits per heavy atom. The lowest BCUT2D eigenvalue weighted by Gasteiger charge is -2.43. The third-order valence-electron chi connectivity index (χ3n) is 4.97. The lowest BCUT2D eigenvalue weighted by atomic mass is 9.83. The number of hydrogen-bond acceptors (Lipinski definition) is 5. The molecule has 2 atom stereocenters. The van der Waals surface area contributed by atoms with Crippen LogP contribution in [-0.2, 0) is 16.6 Å². The fraction of sp³-hybridized carbons (Fsp3) is 0.421. The maximum atomic E-state index is 13.3. The number of carbonyl (C=O) groups excluding carboxylic acids is 1. The highest BCUT2D eigenvalue weighted by molar-refractivity contribution is 5.78. The molecule has 3 rings (SSSR count). The summed E-state index contributed by atoms with van der Waals surface area (Å²) in [5, 5.41) is 14.3. The van der Waals surface area contributed by atoms with E-state index in [1.54, 1.807) is 23.9 Å². The normalized spacial score (nSPS) is 22.7. The summed E-state index contributed by atoms with van der Waals surface area (Å²) in [5.41, 5.74) is 1.39. The van der Waals surface area contributed by atoms with Crippen molar-refractivity contribution < 1.29 is 13.9 Å². The molecule has 0 amide bonds. The summed E-state index contributed by atoms with van der Waals surface area (Å²) in [6.45, 7) is 2.23. The van der Waals surface area contributed by atoms with Crippen LogP contribution < -0.4 is 4.90 Å². The number of carbonyl (C=O) groups is 1. The topological polar surface area (TPSA) is 71.2 Å². The molecule has 2 aromatic rings. The van der Waals surface area contributed by atoms with Crippen LogP contribution in [0.3, 0.4) is 0 Å². The number of nitrogens with zero attached hydrogens (tertiary/aromatic N) is 4. The molecule has 1 aromatic heterocycles. The zero-order valence-electron chi connectivity index (χ0n) is 15.1. The summed E-state index contributed by atoms with van der Waals surface area (Å²) < 4.78 is 19.8. The van der Waals surface area contributed by atoms with Gasteiger partial charge in [0.25, 0.3) is 0 Å². The number of aryl methyl sites for hydroxylation is 1. The van der Waals surface area contributed by atoms with Crippen LogP contribution in [-0.4, -0.2) is 34.9 Å². The second-order valence-electron chi connectivity index (χ2n) is 6.80. The molecule has 1 aliphatic rings. The van der Waals surface area contributed by atoms with Crippen molar-refractivity contribution in [3.63, 3.8) is 0 Å². The molecule has 0 saturated carbocycles. The first-order valence-electron chi connectivity index (χ1n) is 8.44. The van der Waals surface area contributed by atoms with Crippen LogP contribution in [0.5, 0.6) is 0 Å². The van der Waals surface area contributed by atoms with Gasteiger partial charge in [-0.15, -0.1) is 0 Å². The van der Waals surface area contributed by atoms with E-state index in [1.165, 1.54) is 19.2 Å². The molecular formula is C19H21FN4O2. The van der Waals surface area contributed by atoms with Crippen molar-refractivity contribution in [1.29, 1.82) is 5.26 Å². The van der Waals surface area contributed by atoms with Crippen molar-refractivity contribution in [2.24, 2.45) is 13.0 Å². The SMILES string of the molecule is COC(=O)[C@@H]1CC[C@](C)(C#N)N(c2cn(C)nc2-c2ccc(F)cc2)C1. The van der Waals surface area contributed by atoms with Crippen LogP contribution >= 0.6 is 0 Å². The Hall–Kier alpha value is -2.88. The highest BCUT2D eigenvalue weighted by atomic mass is 19.1. The number of benzene rings is 1. The van der Waals surface area contributed by atoms with E-state index in [-0.39, 0.29) is 17.7 Å². The first-order chi connectivity index (χ1) is 12.4. The Morgan fingerprint density at radius 1 is 1.42 bits per heavy atom. The van der Waals surface area contributed by atoms with E-state index < -0.39 is 5.54 Å². The molecule has 7 heteroatoms. The molecule has 0 aliphatic carbocycles. The molecule has 1 fully saturated rings. The van der Waals surface area contributed by atoms with Crippen molar-refractivity contribution in [1.82, 2.24) is 9.78 Å². The number of esters is 1. The number of methoxy groups -OCH3 is 1. The molecule has 2 heterocycles. The van der Waals surface area contributed by atoms with Gasteiger partial charge >= 0.3 is 5.97 Å². The fourth-order valence-electron chi connectivity index (χ4n) is 3.43. The van der Waals surface area contributed by atoms with Gasteiger partial charge in [-0.3, -0.25) is 9.48 Å². The Morgan fingerprint density at radius 2 is 2.12 bits per heavy atom. The molecule has 6 nitrogen and oxygen atoms in total. The maximum Gasteiger partial charge on any atom is 0.310 e. The summed E-state index contributed by atoms with van der Waals surface area (Å²) in [6.07, 6.45) is 2.97. The molecule has 26 heavy (non-hydrogen) atoms. The molecular weight excluding hydrogens is 335 g/mol. The second kappa shape index (κ2) is 6.79. The highest BCUT2D eigenvalue weighted by Gasteiger charge is 2.42. The fourth-order valence-corrected chi connectivity index (χ4v) is 3.43. The second-order valence-corrected chi connectivity index (χ2v) is 6.80. The molecule has 1 saturated heterocycles. The Balaban J connectivity index is 2.06. The molecule has 0 N–H and O–H groups in total. The van der Waals surface area contributed by atoms with Crippen LogP contribution in [0.4, 0.5) is 10.1 Å². The summed E-state index contributed by atoms with van der Waals surface area (Å²) >= 11 is 0. The number of hydrogen-bond donors (Lipinski definition) is 0. The number of anilines is 1. The van der Waals surface area contributed by atoms with Crippen molar-refractivity contribution in [3.8, 4) is 17.3 Å². The predicted molar refractivity (Wildman–Crippen MR) is 94.7 cm³/mol. The number of halogens is 1. The predicted octanol–water partition coefficient (Wildman–Crippen LogP) is 2.90. The molecule has 0 spiro atoms. The Bertz CT molecular complexity index is 855.